The van der Waals surface area contributed by atoms with Gasteiger partial charge >= 0.3 is 0 Å². The van der Waals surface area contributed by atoms with Gasteiger partial charge in [-0.1, -0.05) is 6.07 Å². The number of nitrogens with one attached hydrogen (secondary N) is 3. The molecular weight excluding hydrogens is 544 g/mol. The normalized spacial score (nSPS) is 14.8. The predicted molar refractivity (Wildman–Crippen MR) is 161 cm³/mol. The summed E-state index contributed by atoms with van der Waals surface area (Å²) >= 11 is 0. The Kier molecular flexibility index (Phi) is 8.44. The lowest BCUT2D eigenvalue weighted by Crippen LogP contribution is -2.37. The second kappa shape index (κ2) is 11.9. The summed E-state index contributed by atoms with van der Waals surface area (Å²) in [6.07, 6.45) is 3.85. The van der Waals surface area contributed by atoms with Crippen molar-refractivity contribution in [2.45, 2.75) is 46.2 Å². The first-order chi connectivity index (χ1) is 19.5. The van der Waals surface area contributed by atoms with Crippen molar-refractivity contribution < 1.29 is 8.78 Å². The molecule has 0 aliphatic carbocycles. The lowest BCUT2D eigenvalue weighted by Gasteiger charge is -2.28. The van der Waals surface area contributed by atoms with Gasteiger partial charge in [0.25, 0.3) is 0 Å². The van der Waals surface area contributed by atoms with Crippen LogP contribution in [0.1, 0.15) is 37.9 Å². The molecule has 0 fully saturated rings. The van der Waals surface area contributed by atoms with E-state index in [1.165, 1.54) is 11.6 Å². The van der Waals surface area contributed by atoms with Crippen molar-refractivity contribution in [1.29, 1.82) is 4.78 Å². The molecule has 0 spiro atoms. The van der Waals surface area contributed by atoms with Gasteiger partial charge in [-0.25, -0.2) is 28.7 Å². The first-order valence-corrected chi connectivity index (χ1v) is 15.5. The van der Waals surface area contributed by atoms with Crippen LogP contribution >= 0.6 is 0 Å². The zero-order valence-corrected chi connectivity index (χ0v) is 25.0. The fourth-order valence-corrected chi connectivity index (χ4v) is 5.75. The van der Waals surface area contributed by atoms with Gasteiger partial charge in [0, 0.05) is 61.7 Å². The molecule has 5 rings (SSSR count). The summed E-state index contributed by atoms with van der Waals surface area (Å²) < 4.78 is 39.7. The topological polar surface area (TPSA) is 108 Å². The third-order valence-electron chi connectivity index (χ3n) is 7.13. The van der Waals surface area contributed by atoms with E-state index in [1.54, 1.807) is 6.07 Å². The molecule has 1 aliphatic rings. The Morgan fingerprint density at radius 3 is 2.63 bits per heavy atom. The van der Waals surface area contributed by atoms with Crippen LogP contribution in [-0.4, -0.2) is 67.6 Å². The summed E-state index contributed by atoms with van der Waals surface area (Å²) in [5.74, 6) is 1.15. The third-order valence-corrected chi connectivity index (χ3v) is 7.94. The van der Waals surface area contributed by atoms with E-state index < -0.39 is 11.6 Å². The highest BCUT2D eigenvalue weighted by Crippen LogP contribution is 2.32. The number of benzene rings is 1. The summed E-state index contributed by atoms with van der Waals surface area (Å²) in [6.45, 7) is 12.4. The zero-order chi connectivity index (χ0) is 29.3. The Morgan fingerprint density at radius 2 is 1.88 bits per heavy atom. The maximum atomic E-state index is 15.1. The molecular formula is C29H37F2N9S. The van der Waals surface area contributed by atoms with Gasteiger partial charge in [-0.15, -0.1) is 10.7 Å². The predicted octanol–water partition coefficient (Wildman–Crippen LogP) is 4.93. The van der Waals surface area contributed by atoms with E-state index in [1.807, 2.05) is 44.6 Å². The first kappa shape index (κ1) is 29.2. The van der Waals surface area contributed by atoms with Crippen LogP contribution in [0, 0.1) is 23.3 Å². The maximum Gasteiger partial charge on any atom is 0.229 e. The Hall–Kier alpha value is -3.35. The number of halogens is 2. The molecule has 3 N–H and O–H groups in total. The number of aryl methyl sites for hydroxylation is 1. The number of hydrogen-bond donors (Lipinski definition) is 3. The molecule has 12 heteroatoms. The van der Waals surface area contributed by atoms with E-state index in [4.69, 9.17) is 9.76 Å². The van der Waals surface area contributed by atoms with Crippen LogP contribution in [0.3, 0.4) is 0 Å². The SMILES string of the molecule is Cc1nc2c(F)cc(-c3nc(Nc4ccc5c(n4)CCN(CCNCCS(C)=N)C5)ncc3F)cc2n1C(C)(C)C. The minimum atomic E-state index is -0.643. The van der Waals surface area contributed by atoms with Crippen molar-refractivity contribution in [2.24, 2.45) is 0 Å². The van der Waals surface area contributed by atoms with Gasteiger partial charge in [0.2, 0.25) is 5.95 Å². The molecule has 3 aromatic heterocycles. The largest absolute Gasteiger partial charge is 0.323 e. The number of nitrogens with zero attached hydrogens (tertiary/aromatic N) is 6. The second-order valence-corrected chi connectivity index (χ2v) is 13.1. The minimum absolute atomic E-state index is 0.00229. The standard InChI is InChI=1S/C29H37F2N9S/c1-18-35-27-21(30)14-20(15-24(27)40(18)29(2,3)4)26-22(31)16-34-28(38-26)37-25-7-6-19-17-39(11-8-23(19)36-25)12-9-33-10-13-41(5)32/h6-7,14-16,32-33H,8-13,17H2,1-5H3,(H,34,36,37,38). The Labute approximate surface area is 241 Å². The van der Waals surface area contributed by atoms with Gasteiger partial charge in [0.05, 0.1) is 11.7 Å². The molecule has 0 bridgehead atoms. The Bertz CT molecular complexity index is 1600. The van der Waals surface area contributed by atoms with Crippen LogP contribution in [0.15, 0.2) is 30.5 Å². The molecule has 0 saturated heterocycles. The van der Waals surface area contributed by atoms with Crippen molar-refractivity contribution in [3.8, 4) is 11.3 Å². The highest BCUT2D eigenvalue weighted by atomic mass is 32.2. The molecule has 218 valence electrons. The lowest BCUT2D eigenvalue weighted by molar-refractivity contribution is 0.252. The van der Waals surface area contributed by atoms with Gasteiger partial charge in [0.1, 0.15) is 22.9 Å². The summed E-state index contributed by atoms with van der Waals surface area (Å²) in [7, 11) is -0.279. The summed E-state index contributed by atoms with van der Waals surface area (Å²) in [6, 6.07) is 6.93. The number of hydrogen-bond acceptors (Lipinski definition) is 8. The molecule has 4 heterocycles. The Balaban J connectivity index is 1.32. The fourth-order valence-electron chi connectivity index (χ4n) is 5.30. The van der Waals surface area contributed by atoms with Crippen molar-refractivity contribution in [1.82, 2.24) is 34.7 Å². The fraction of sp³-hybridized carbons (Fsp3) is 0.448. The van der Waals surface area contributed by atoms with Crippen molar-refractivity contribution >= 4 is 33.5 Å². The number of rotatable bonds is 9. The summed E-state index contributed by atoms with van der Waals surface area (Å²) in [5.41, 5.74) is 3.01. The molecule has 41 heavy (non-hydrogen) atoms. The number of anilines is 2. The average Bonchev–Trinajstić information content (AvgIpc) is 3.26. The highest BCUT2D eigenvalue weighted by molar-refractivity contribution is 7.85. The van der Waals surface area contributed by atoms with Gasteiger partial charge in [0.15, 0.2) is 11.6 Å². The number of imidazole rings is 1. The third kappa shape index (κ3) is 6.60. The van der Waals surface area contributed by atoms with Crippen LogP contribution in [-0.2, 0) is 29.2 Å². The van der Waals surface area contributed by atoms with Crippen LogP contribution in [0.25, 0.3) is 22.3 Å². The number of fused-ring (bicyclic) bond motifs is 2. The molecule has 1 aliphatic heterocycles. The molecule has 1 atom stereocenters. The van der Waals surface area contributed by atoms with E-state index in [0.29, 0.717) is 22.7 Å². The first-order valence-electron chi connectivity index (χ1n) is 13.7. The monoisotopic (exact) mass is 581 g/mol. The van der Waals surface area contributed by atoms with Crippen molar-refractivity contribution in [3.63, 3.8) is 0 Å². The van der Waals surface area contributed by atoms with E-state index in [9.17, 15) is 4.39 Å². The Morgan fingerprint density at radius 1 is 1.07 bits per heavy atom. The molecule has 0 radical (unpaired) electrons. The molecule has 1 unspecified atom stereocenters. The van der Waals surface area contributed by atoms with E-state index in [2.05, 4.69) is 36.6 Å². The van der Waals surface area contributed by atoms with Crippen LogP contribution in [0.5, 0.6) is 0 Å². The zero-order valence-electron chi connectivity index (χ0n) is 24.2. The molecule has 4 aromatic rings. The van der Waals surface area contributed by atoms with E-state index >= 15 is 4.39 Å². The molecule has 0 saturated carbocycles. The van der Waals surface area contributed by atoms with Gasteiger partial charge in [-0.2, -0.15) is 0 Å². The van der Waals surface area contributed by atoms with Crippen LogP contribution in [0.4, 0.5) is 20.5 Å². The number of pyridine rings is 1. The van der Waals surface area contributed by atoms with Crippen LogP contribution < -0.4 is 10.6 Å². The van der Waals surface area contributed by atoms with E-state index in [-0.39, 0.29) is 33.4 Å². The van der Waals surface area contributed by atoms with Crippen molar-refractivity contribution in [2.75, 3.05) is 43.5 Å². The summed E-state index contributed by atoms with van der Waals surface area (Å²) in [5, 5.41) is 6.52. The molecule has 0 amide bonds. The average molecular weight is 582 g/mol. The van der Waals surface area contributed by atoms with E-state index in [0.717, 1.165) is 56.8 Å². The quantitative estimate of drug-likeness (QED) is 0.241. The number of aromatic nitrogens is 5. The van der Waals surface area contributed by atoms with Gasteiger partial charge < -0.3 is 15.2 Å². The molecule has 9 nitrogen and oxygen atoms in total. The van der Waals surface area contributed by atoms with Gasteiger partial charge in [-0.05, 0) is 57.7 Å². The van der Waals surface area contributed by atoms with Crippen molar-refractivity contribution in [3.05, 3.63) is 59.2 Å². The maximum absolute atomic E-state index is 15.1. The lowest BCUT2D eigenvalue weighted by atomic mass is 10.1. The van der Waals surface area contributed by atoms with Gasteiger partial charge in [-0.3, -0.25) is 9.68 Å². The smallest absolute Gasteiger partial charge is 0.229 e. The highest BCUT2D eigenvalue weighted by Gasteiger charge is 2.23. The summed E-state index contributed by atoms with van der Waals surface area (Å²) in [4.78, 5) is 20.1. The minimum Gasteiger partial charge on any atom is -0.323 e. The second-order valence-electron chi connectivity index (χ2n) is 11.4. The van der Waals surface area contributed by atoms with Crippen LogP contribution in [0.2, 0.25) is 0 Å². The molecule has 1 aromatic carbocycles.